The monoisotopic (exact) mass is 208 g/mol. The summed E-state index contributed by atoms with van der Waals surface area (Å²) in [5, 5.41) is 0. The van der Waals surface area contributed by atoms with E-state index in [-0.39, 0.29) is 0 Å². The van der Waals surface area contributed by atoms with Gasteiger partial charge in [-0.05, 0) is 12.6 Å². The zero-order valence-corrected chi connectivity index (χ0v) is 11.1. The van der Waals surface area contributed by atoms with Crippen molar-refractivity contribution < 1.29 is 12.3 Å². The number of hydrogen-bond donors (Lipinski definition) is 0. The molecular weight excluding hydrogens is 192 g/mol. The second-order valence-corrected chi connectivity index (χ2v) is 10.1. The predicted octanol–water partition coefficient (Wildman–Crippen LogP) is -0.0805. The minimum Gasteiger partial charge on any atom is -0.425 e. The van der Waals surface area contributed by atoms with E-state index < -0.39 is 28.6 Å². The van der Waals surface area contributed by atoms with Crippen molar-refractivity contribution >= 4 is 28.6 Å². The smallest absolute Gasteiger partial charge is 0.316 e. The van der Waals surface area contributed by atoms with Crippen molar-refractivity contribution in [1.29, 1.82) is 0 Å². The van der Waals surface area contributed by atoms with Crippen molar-refractivity contribution in [2.24, 2.45) is 0 Å². The Balaban J connectivity index is 2.25. The molecular formula is C5H16O3Si3. The Kier molecular flexibility index (Phi) is 3.96. The Morgan fingerprint density at radius 3 is 2.45 bits per heavy atom. The minimum atomic E-state index is -1.66. The van der Waals surface area contributed by atoms with E-state index in [1.54, 1.807) is 0 Å². The van der Waals surface area contributed by atoms with Crippen LogP contribution >= 0.6 is 0 Å². The molecule has 0 aromatic rings. The summed E-state index contributed by atoms with van der Waals surface area (Å²) in [6, 6.07) is 1.16. The molecule has 0 aliphatic carbocycles. The molecule has 6 heteroatoms. The third kappa shape index (κ3) is 3.18. The van der Waals surface area contributed by atoms with Gasteiger partial charge in [0.05, 0.1) is 0 Å². The molecule has 0 N–H and O–H groups in total. The van der Waals surface area contributed by atoms with E-state index >= 15 is 0 Å². The van der Waals surface area contributed by atoms with Crippen molar-refractivity contribution in [3.8, 4) is 0 Å². The second-order valence-electron chi connectivity index (χ2n) is 2.97. The average Bonchev–Trinajstić information content (AvgIpc) is 2.03. The molecule has 0 bridgehead atoms. The highest BCUT2D eigenvalue weighted by Gasteiger charge is 2.32. The quantitative estimate of drug-likeness (QED) is 0.607. The molecule has 1 aliphatic heterocycles. The van der Waals surface area contributed by atoms with Gasteiger partial charge < -0.3 is 12.3 Å². The maximum Gasteiger partial charge on any atom is 0.316 e. The van der Waals surface area contributed by atoms with Gasteiger partial charge in [-0.15, -0.1) is 0 Å². The lowest BCUT2D eigenvalue weighted by Crippen LogP contribution is -2.46. The highest BCUT2D eigenvalue weighted by Crippen LogP contribution is 2.18. The SMILES string of the molecule is CCCC[Si]1(C)O[SiH2]O[SiH2]O1. The van der Waals surface area contributed by atoms with E-state index in [1.807, 2.05) is 0 Å². The van der Waals surface area contributed by atoms with Crippen LogP contribution < -0.4 is 0 Å². The maximum atomic E-state index is 5.64. The molecule has 3 nitrogen and oxygen atoms in total. The van der Waals surface area contributed by atoms with Crippen LogP contribution in [0.2, 0.25) is 12.6 Å². The molecule has 0 aromatic heterocycles. The zero-order valence-electron chi connectivity index (χ0n) is 7.26. The first-order valence-electron chi connectivity index (χ1n) is 4.12. The molecule has 0 unspecified atom stereocenters. The summed E-state index contributed by atoms with van der Waals surface area (Å²) in [4.78, 5) is 0. The van der Waals surface area contributed by atoms with E-state index in [4.69, 9.17) is 12.3 Å². The maximum absolute atomic E-state index is 5.64. The van der Waals surface area contributed by atoms with Crippen molar-refractivity contribution in [2.75, 3.05) is 0 Å². The normalized spacial score (nSPS) is 36.5. The standard InChI is InChI=1S/C5H16O3Si3/c1-3-4-5-11(2)7-9-6-10-8-11/h3-5,9-10H2,1-2H3. The molecule has 0 saturated carbocycles. The topological polar surface area (TPSA) is 27.7 Å². The molecule has 1 aliphatic rings. The van der Waals surface area contributed by atoms with Crippen LogP contribution in [-0.4, -0.2) is 28.6 Å². The molecule has 1 saturated heterocycles. The van der Waals surface area contributed by atoms with Crippen LogP contribution in [-0.2, 0) is 12.3 Å². The van der Waals surface area contributed by atoms with E-state index in [1.165, 1.54) is 12.8 Å². The summed E-state index contributed by atoms with van der Waals surface area (Å²) in [5.41, 5.74) is 0. The zero-order chi connectivity index (χ0) is 8.16. The second kappa shape index (κ2) is 4.53. The van der Waals surface area contributed by atoms with Gasteiger partial charge in [0.1, 0.15) is 0 Å². The first-order chi connectivity index (χ1) is 5.27. The third-order valence-corrected chi connectivity index (χ3v) is 10.3. The first kappa shape index (κ1) is 9.62. The lowest BCUT2D eigenvalue weighted by Gasteiger charge is -2.31. The van der Waals surface area contributed by atoms with Gasteiger partial charge in [0.2, 0.25) is 0 Å². The fourth-order valence-corrected chi connectivity index (χ4v) is 8.72. The summed E-state index contributed by atoms with van der Waals surface area (Å²) in [7, 11) is -2.91. The summed E-state index contributed by atoms with van der Waals surface area (Å²) in [6.07, 6.45) is 2.48. The average molecular weight is 208 g/mol. The van der Waals surface area contributed by atoms with Crippen LogP contribution in [0.5, 0.6) is 0 Å². The van der Waals surface area contributed by atoms with Crippen molar-refractivity contribution in [3.63, 3.8) is 0 Å². The van der Waals surface area contributed by atoms with Crippen LogP contribution in [0, 0.1) is 0 Å². The van der Waals surface area contributed by atoms with Gasteiger partial charge in [0.25, 0.3) is 20.0 Å². The largest absolute Gasteiger partial charge is 0.425 e. The Hall–Kier alpha value is 0.531. The lowest BCUT2D eigenvalue weighted by atomic mass is 10.4. The molecule has 0 amide bonds. The minimum absolute atomic E-state index is 0.625. The van der Waals surface area contributed by atoms with E-state index in [9.17, 15) is 0 Å². The van der Waals surface area contributed by atoms with E-state index in [0.717, 1.165) is 6.04 Å². The molecule has 0 radical (unpaired) electrons. The molecule has 0 atom stereocenters. The third-order valence-electron chi connectivity index (χ3n) is 1.88. The van der Waals surface area contributed by atoms with Crippen LogP contribution in [0.3, 0.4) is 0 Å². The highest BCUT2D eigenvalue weighted by atomic mass is 28.5. The van der Waals surface area contributed by atoms with Gasteiger partial charge >= 0.3 is 8.56 Å². The van der Waals surface area contributed by atoms with Gasteiger partial charge in [0, 0.05) is 0 Å². The van der Waals surface area contributed by atoms with Crippen molar-refractivity contribution in [3.05, 3.63) is 0 Å². The summed E-state index contributed by atoms with van der Waals surface area (Å²) < 4.78 is 16.5. The molecule has 1 rings (SSSR count). The Labute approximate surface area is 73.8 Å². The van der Waals surface area contributed by atoms with Gasteiger partial charge in [0.15, 0.2) is 0 Å². The molecule has 1 fully saturated rings. The van der Waals surface area contributed by atoms with E-state index in [0.29, 0.717) is 0 Å². The number of unbranched alkanes of at least 4 members (excludes halogenated alkanes) is 1. The van der Waals surface area contributed by atoms with Gasteiger partial charge in [-0.3, -0.25) is 0 Å². The van der Waals surface area contributed by atoms with Crippen LogP contribution in [0.1, 0.15) is 19.8 Å². The predicted molar refractivity (Wildman–Crippen MR) is 51.7 cm³/mol. The van der Waals surface area contributed by atoms with Gasteiger partial charge in [-0.25, -0.2) is 0 Å². The lowest BCUT2D eigenvalue weighted by molar-refractivity contribution is 0.298. The first-order valence-corrected chi connectivity index (χ1v) is 8.96. The fraction of sp³-hybridized carbons (Fsp3) is 1.00. The molecule has 0 aromatic carbocycles. The van der Waals surface area contributed by atoms with Crippen molar-refractivity contribution in [2.45, 2.75) is 32.4 Å². The summed E-state index contributed by atoms with van der Waals surface area (Å²) >= 11 is 0. The fourth-order valence-electron chi connectivity index (χ4n) is 1.05. The number of hydrogen-bond acceptors (Lipinski definition) is 3. The van der Waals surface area contributed by atoms with Gasteiger partial charge in [-0.2, -0.15) is 0 Å². The Morgan fingerprint density at radius 1 is 1.27 bits per heavy atom. The summed E-state index contributed by atoms with van der Waals surface area (Å²) in [6.45, 7) is 4.37. The Bertz CT molecular complexity index is 116. The molecule has 1 heterocycles. The van der Waals surface area contributed by atoms with Gasteiger partial charge in [-0.1, -0.05) is 19.8 Å². The highest BCUT2D eigenvalue weighted by molar-refractivity contribution is 6.75. The van der Waals surface area contributed by atoms with Crippen LogP contribution in [0.15, 0.2) is 0 Å². The van der Waals surface area contributed by atoms with E-state index in [2.05, 4.69) is 13.5 Å². The molecule has 0 spiro atoms. The van der Waals surface area contributed by atoms with Crippen LogP contribution in [0.25, 0.3) is 0 Å². The number of rotatable bonds is 3. The molecule has 66 valence electrons. The Morgan fingerprint density at radius 2 is 1.91 bits per heavy atom. The summed E-state index contributed by atoms with van der Waals surface area (Å²) in [5.74, 6) is 0. The van der Waals surface area contributed by atoms with Crippen LogP contribution in [0.4, 0.5) is 0 Å². The van der Waals surface area contributed by atoms with Crippen molar-refractivity contribution in [1.82, 2.24) is 0 Å². The molecule has 11 heavy (non-hydrogen) atoms.